The molecule has 3 aliphatic carbocycles. The van der Waals surface area contributed by atoms with Crippen LogP contribution in [-0.4, -0.2) is 6.04 Å². The first-order valence-electron chi connectivity index (χ1n) is 5.12. The summed E-state index contributed by atoms with van der Waals surface area (Å²) >= 11 is 0. The van der Waals surface area contributed by atoms with Gasteiger partial charge in [0.05, 0.1) is 0 Å². The van der Waals surface area contributed by atoms with Gasteiger partial charge in [0.1, 0.15) is 0 Å². The number of rotatable bonds is 1. The van der Waals surface area contributed by atoms with E-state index >= 15 is 0 Å². The molecule has 0 aromatic heterocycles. The lowest BCUT2D eigenvalue weighted by molar-refractivity contribution is 0.258. The minimum absolute atomic E-state index is 0.598. The average molecular weight is 151 g/mol. The maximum Gasteiger partial charge on any atom is 0.0101 e. The third-order valence-electron chi connectivity index (χ3n) is 4.21. The number of fused-ring (bicyclic) bond motifs is 2. The van der Waals surface area contributed by atoms with Crippen molar-refractivity contribution in [3.8, 4) is 0 Å². The van der Waals surface area contributed by atoms with Gasteiger partial charge in [-0.2, -0.15) is 0 Å². The highest BCUT2D eigenvalue weighted by atomic mass is 14.8. The monoisotopic (exact) mass is 151 g/mol. The number of nitrogens with two attached hydrogens (primary N) is 1. The maximum absolute atomic E-state index is 6.21. The van der Waals surface area contributed by atoms with Crippen LogP contribution in [0.3, 0.4) is 0 Å². The second-order valence-electron chi connectivity index (χ2n) is 4.83. The van der Waals surface area contributed by atoms with Gasteiger partial charge in [0.25, 0.3) is 0 Å². The third kappa shape index (κ3) is 0.807. The van der Waals surface area contributed by atoms with Gasteiger partial charge in [0.15, 0.2) is 0 Å². The van der Waals surface area contributed by atoms with Crippen molar-refractivity contribution in [3.05, 3.63) is 0 Å². The SMILES string of the molecule is N[C@@H]1[C@H]2CC[C@H](C2)[C@H]1C1CC1. The summed E-state index contributed by atoms with van der Waals surface area (Å²) in [4.78, 5) is 0. The minimum Gasteiger partial charge on any atom is -0.327 e. The molecule has 2 N–H and O–H groups in total. The minimum atomic E-state index is 0.598. The Labute approximate surface area is 68.3 Å². The Morgan fingerprint density at radius 3 is 2.00 bits per heavy atom. The molecule has 0 unspecified atom stereocenters. The molecule has 3 rings (SSSR count). The van der Waals surface area contributed by atoms with Crippen molar-refractivity contribution in [1.29, 1.82) is 0 Å². The predicted octanol–water partition coefficient (Wildman–Crippen LogP) is 1.77. The van der Waals surface area contributed by atoms with Crippen LogP contribution < -0.4 is 5.73 Å². The summed E-state index contributed by atoms with van der Waals surface area (Å²) in [6, 6.07) is 0.598. The van der Waals surface area contributed by atoms with E-state index in [9.17, 15) is 0 Å². The molecule has 11 heavy (non-hydrogen) atoms. The fraction of sp³-hybridized carbons (Fsp3) is 1.00. The van der Waals surface area contributed by atoms with Crippen molar-refractivity contribution in [2.45, 2.75) is 38.1 Å². The standard InChI is InChI=1S/C10H17N/c11-10-8-4-3-7(5-8)9(10)6-1-2-6/h6-10H,1-5,11H2/t7-,8+,9-,10-/m1/s1. The highest BCUT2D eigenvalue weighted by Crippen LogP contribution is 2.55. The second-order valence-corrected chi connectivity index (χ2v) is 4.83. The van der Waals surface area contributed by atoms with E-state index in [2.05, 4.69) is 0 Å². The normalized spacial score (nSPS) is 55.4. The second kappa shape index (κ2) is 2.01. The molecule has 0 amide bonds. The Bertz CT molecular complexity index is 172. The highest BCUT2D eigenvalue weighted by molar-refractivity contribution is 5.03. The van der Waals surface area contributed by atoms with Gasteiger partial charge in [-0.3, -0.25) is 0 Å². The van der Waals surface area contributed by atoms with Crippen molar-refractivity contribution in [2.75, 3.05) is 0 Å². The molecule has 4 atom stereocenters. The molecule has 0 saturated heterocycles. The summed E-state index contributed by atoms with van der Waals surface area (Å²) in [5, 5.41) is 0. The summed E-state index contributed by atoms with van der Waals surface area (Å²) in [5.41, 5.74) is 6.21. The van der Waals surface area contributed by atoms with E-state index in [0.29, 0.717) is 6.04 Å². The van der Waals surface area contributed by atoms with E-state index in [1.807, 2.05) is 0 Å². The zero-order valence-corrected chi connectivity index (χ0v) is 7.00. The maximum atomic E-state index is 6.21. The van der Waals surface area contributed by atoms with Crippen LogP contribution >= 0.6 is 0 Å². The topological polar surface area (TPSA) is 26.0 Å². The van der Waals surface area contributed by atoms with Gasteiger partial charge in [0.2, 0.25) is 0 Å². The summed E-state index contributed by atoms with van der Waals surface area (Å²) in [6.45, 7) is 0. The lowest BCUT2D eigenvalue weighted by atomic mass is 9.82. The molecule has 0 spiro atoms. The lowest BCUT2D eigenvalue weighted by Crippen LogP contribution is -2.36. The summed E-state index contributed by atoms with van der Waals surface area (Å²) in [7, 11) is 0. The van der Waals surface area contributed by atoms with Crippen molar-refractivity contribution >= 4 is 0 Å². The van der Waals surface area contributed by atoms with Gasteiger partial charge in [-0.1, -0.05) is 0 Å². The number of hydrogen-bond acceptors (Lipinski definition) is 1. The molecular weight excluding hydrogens is 134 g/mol. The van der Waals surface area contributed by atoms with Gasteiger partial charge in [-0.25, -0.2) is 0 Å². The van der Waals surface area contributed by atoms with Crippen LogP contribution in [-0.2, 0) is 0 Å². The molecule has 62 valence electrons. The van der Waals surface area contributed by atoms with Gasteiger partial charge in [-0.15, -0.1) is 0 Å². The van der Waals surface area contributed by atoms with Crippen molar-refractivity contribution in [1.82, 2.24) is 0 Å². The first-order chi connectivity index (χ1) is 5.36. The van der Waals surface area contributed by atoms with Crippen molar-refractivity contribution < 1.29 is 0 Å². The van der Waals surface area contributed by atoms with Crippen LogP contribution in [0.2, 0.25) is 0 Å². The Morgan fingerprint density at radius 1 is 0.818 bits per heavy atom. The highest BCUT2D eigenvalue weighted by Gasteiger charge is 2.51. The largest absolute Gasteiger partial charge is 0.327 e. The van der Waals surface area contributed by atoms with Crippen molar-refractivity contribution in [3.63, 3.8) is 0 Å². The molecular formula is C10H17N. The molecule has 1 nitrogen and oxygen atoms in total. The summed E-state index contributed by atoms with van der Waals surface area (Å²) < 4.78 is 0. The average Bonchev–Trinajstić information content (AvgIpc) is 2.62. The van der Waals surface area contributed by atoms with Crippen LogP contribution in [0.4, 0.5) is 0 Å². The first kappa shape index (κ1) is 6.47. The van der Waals surface area contributed by atoms with E-state index < -0.39 is 0 Å². The van der Waals surface area contributed by atoms with E-state index in [1.54, 1.807) is 0 Å². The van der Waals surface area contributed by atoms with Gasteiger partial charge >= 0.3 is 0 Å². The summed E-state index contributed by atoms with van der Waals surface area (Å²) in [6.07, 6.45) is 7.39. The molecule has 3 aliphatic rings. The number of hydrogen-bond donors (Lipinski definition) is 1. The fourth-order valence-electron chi connectivity index (χ4n) is 3.56. The molecule has 3 saturated carbocycles. The molecule has 0 radical (unpaired) electrons. The molecule has 0 aromatic carbocycles. The zero-order valence-electron chi connectivity index (χ0n) is 7.00. The molecule has 1 heteroatoms. The van der Waals surface area contributed by atoms with Crippen LogP contribution in [0.5, 0.6) is 0 Å². The van der Waals surface area contributed by atoms with Gasteiger partial charge < -0.3 is 5.73 Å². The zero-order chi connectivity index (χ0) is 7.42. The molecule has 0 aromatic rings. The van der Waals surface area contributed by atoms with E-state index in [0.717, 1.165) is 23.7 Å². The predicted molar refractivity (Wildman–Crippen MR) is 45.0 cm³/mol. The van der Waals surface area contributed by atoms with Gasteiger partial charge in [0, 0.05) is 6.04 Å². The van der Waals surface area contributed by atoms with Crippen molar-refractivity contribution in [2.24, 2.45) is 29.4 Å². The van der Waals surface area contributed by atoms with Crippen LogP contribution in [0.1, 0.15) is 32.1 Å². The molecule has 2 bridgehead atoms. The molecule has 3 fully saturated rings. The lowest BCUT2D eigenvalue weighted by Gasteiger charge is -2.27. The van der Waals surface area contributed by atoms with E-state index in [-0.39, 0.29) is 0 Å². The van der Waals surface area contributed by atoms with E-state index in [4.69, 9.17) is 5.73 Å². The fourth-order valence-corrected chi connectivity index (χ4v) is 3.56. The molecule has 0 aliphatic heterocycles. The smallest absolute Gasteiger partial charge is 0.0101 e. The van der Waals surface area contributed by atoms with Crippen LogP contribution in [0.25, 0.3) is 0 Å². The molecule has 0 heterocycles. The summed E-state index contributed by atoms with van der Waals surface area (Å²) in [5.74, 6) is 3.97. The quantitative estimate of drug-likeness (QED) is 0.607. The Morgan fingerprint density at radius 2 is 1.45 bits per heavy atom. The first-order valence-corrected chi connectivity index (χ1v) is 5.12. The van der Waals surface area contributed by atoms with Crippen LogP contribution in [0, 0.1) is 23.7 Å². The Hall–Kier alpha value is -0.0400. The van der Waals surface area contributed by atoms with Crippen LogP contribution in [0.15, 0.2) is 0 Å². The Balaban J connectivity index is 1.82. The third-order valence-corrected chi connectivity index (χ3v) is 4.21. The van der Waals surface area contributed by atoms with E-state index in [1.165, 1.54) is 32.1 Å². The van der Waals surface area contributed by atoms with Gasteiger partial charge in [-0.05, 0) is 55.8 Å². The Kier molecular flexibility index (Phi) is 1.18.